The van der Waals surface area contributed by atoms with Gasteiger partial charge in [-0.2, -0.15) is 5.06 Å². The molecule has 4 aliphatic heterocycles. The molecule has 338 valence electrons. The molecule has 0 spiro atoms. The van der Waals surface area contributed by atoms with Crippen LogP contribution in [0.5, 0.6) is 0 Å². The molecule has 14 nitrogen and oxygen atoms in total. The summed E-state index contributed by atoms with van der Waals surface area (Å²) in [6.07, 6.45) is 13.4. The van der Waals surface area contributed by atoms with Crippen molar-refractivity contribution in [2.75, 3.05) is 13.2 Å². The molecule has 6 aliphatic rings. The van der Waals surface area contributed by atoms with Gasteiger partial charge < -0.3 is 39.4 Å². The molecule has 4 heterocycles. The summed E-state index contributed by atoms with van der Waals surface area (Å²) < 4.78 is 31.2. The lowest BCUT2D eigenvalue weighted by Crippen LogP contribution is -2.69. The van der Waals surface area contributed by atoms with E-state index < -0.39 is 77.1 Å². The number of hydroxylamine groups is 2. The van der Waals surface area contributed by atoms with Crippen LogP contribution in [0.3, 0.4) is 0 Å². The zero-order chi connectivity index (χ0) is 43.4. The van der Waals surface area contributed by atoms with E-state index >= 15 is 0 Å². The summed E-state index contributed by atoms with van der Waals surface area (Å²) >= 11 is 0. The van der Waals surface area contributed by atoms with Crippen molar-refractivity contribution in [2.45, 2.75) is 198 Å². The fourth-order valence-corrected chi connectivity index (χ4v) is 10.2. The van der Waals surface area contributed by atoms with Crippen molar-refractivity contribution in [3.8, 4) is 0 Å². The van der Waals surface area contributed by atoms with Crippen LogP contribution in [-0.2, 0) is 54.2 Å². The van der Waals surface area contributed by atoms with E-state index in [1.165, 1.54) is 0 Å². The van der Waals surface area contributed by atoms with Crippen molar-refractivity contribution in [3.63, 3.8) is 0 Å². The van der Waals surface area contributed by atoms with E-state index in [0.717, 1.165) is 68.9 Å². The van der Waals surface area contributed by atoms with Gasteiger partial charge in [0.25, 0.3) is 0 Å². The molecule has 0 radical (unpaired) electrons. The number of hydrogen-bond acceptors (Lipinski definition) is 12. The number of amides is 2. The summed E-state index contributed by atoms with van der Waals surface area (Å²) in [5.41, 5.74) is -0.0726. The molecule has 6 fully saturated rings. The molecule has 1 aromatic rings. The Kier molecular flexibility index (Phi) is 14.6. The van der Waals surface area contributed by atoms with Crippen LogP contribution in [0, 0.1) is 11.3 Å². The van der Waals surface area contributed by atoms with Crippen LogP contribution in [0.1, 0.15) is 142 Å². The number of nitrogens with zero attached hydrogens (tertiary/aromatic N) is 1. The fourth-order valence-electron chi connectivity index (χ4n) is 10.2. The van der Waals surface area contributed by atoms with E-state index in [9.17, 15) is 24.3 Å². The molecule has 2 saturated carbocycles. The van der Waals surface area contributed by atoms with Gasteiger partial charge in [0.2, 0.25) is 11.8 Å². The van der Waals surface area contributed by atoms with Gasteiger partial charge in [0.05, 0.1) is 31.4 Å². The molecule has 2 aliphatic carbocycles. The fraction of sp³-hybridized carbons (Fsp3) is 0.745. The Morgan fingerprint density at radius 1 is 1.00 bits per heavy atom. The molecule has 4 saturated heterocycles. The van der Waals surface area contributed by atoms with Gasteiger partial charge in [-0.15, -0.1) is 0 Å². The number of aliphatic hydroxyl groups excluding tert-OH is 1. The van der Waals surface area contributed by atoms with E-state index in [1.54, 1.807) is 25.8 Å². The number of unbranched alkanes of at least 4 members (excludes halogenated alkanes) is 4. The number of allylic oxidation sites excluding steroid dienone is 1. The van der Waals surface area contributed by atoms with Gasteiger partial charge in [-0.3, -0.25) is 24.0 Å². The number of benzene rings is 1. The molecule has 1 aromatic carbocycles. The second kappa shape index (κ2) is 19.6. The van der Waals surface area contributed by atoms with Gasteiger partial charge in [0, 0.05) is 38.6 Å². The Labute approximate surface area is 361 Å². The highest BCUT2D eigenvalue weighted by Crippen LogP contribution is 2.58. The third-order valence-electron chi connectivity index (χ3n) is 13.2. The molecule has 10 atom stereocenters. The summed E-state index contributed by atoms with van der Waals surface area (Å²) in [4.78, 5) is 61.2. The van der Waals surface area contributed by atoms with Gasteiger partial charge >= 0.3 is 11.9 Å². The molecule has 7 rings (SSSR count). The van der Waals surface area contributed by atoms with Crippen LogP contribution >= 0.6 is 0 Å². The van der Waals surface area contributed by atoms with Crippen LogP contribution in [0.25, 0.3) is 6.08 Å². The van der Waals surface area contributed by atoms with Gasteiger partial charge in [-0.1, -0.05) is 75.9 Å². The number of carbonyl (C=O) groups excluding carboxylic acids is 4. The molecule has 2 bridgehead atoms. The van der Waals surface area contributed by atoms with Crippen LogP contribution in [-0.4, -0.2) is 107 Å². The summed E-state index contributed by atoms with van der Waals surface area (Å²) in [6.45, 7) is 9.50. The Morgan fingerprint density at radius 2 is 1.75 bits per heavy atom. The summed E-state index contributed by atoms with van der Waals surface area (Å²) in [5.74, 6) is -2.18. The first kappa shape index (κ1) is 45.6. The highest BCUT2D eigenvalue weighted by Gasteiger charge is 2.76. The molecular formula is C47H69N3O11. The number of fused-ring (bicyclic) bond motifs is 5. The van der Waals surface area contributed by atoms with Gasteiger partial charge in [0.1, 0.15) is 35.4 Å². The SMILES string of the molecule is CCCCCC1(CCCCC)O[C@@H]2[C@H](O1)[C@H]1ON(Cc3cccc(C=CC4CCC5OC5C4)c3)[C@@H]3C(=O)O[C@@H]2C[C@]13C(=O)NCCC(=O)N[C@H](CO)CCC(=O)OC(C)(C)C. The van der Waals surface area contributed by atoms with E-state index in [1.807, 2.05) is 12.1 Å². The zero-order valence-electron chi connectivity index (χ0n) is 36.9. The smallest absolute Gasteiger partial charge is 0.327 e. The quantitative estimate of drug-likeness (QED) is 0.0771. The second-order valence-electron chi connectivity index (χ2n) is 19.2. The molecule has 2 amide bonds. The number of epoxide rings is 1. The van der Waals surface area contributed by atoms with Crippen molar-refractivity contribution in [1.29, 1.82) is 0 Å². The number of aliphatic hydroxyl groups is 1. The molecule has 3 unspecified atom stereocenters. The van der Waals surface area contributed by atoms with Crippen molar-refractivity contribution in [2.24, 2.45) is 11.3 Å². The first-order valence-corrected chi connectivity index (χ1v) is 23.1. The number of esters is 2. The second-order valence-corrected chi connectivity index (χ2v) is 19.2. The minimum atomic E-state index is -1.38. The maximum Gasteiger partial charge on any atom is 0.327 e. The standard InChI is InChI=1S/C47H69N3O11/c1-6-8-10-22-46(23-11-9-7-2)59-39-36-27-47(44(55)48-24-21-37(52)49-33(29-51)18-20-38(53)58-45(3,4)5)41(43(54)57-36)50(61-42(47)40(39)60-46)28-32-14-12-13-30(25-32)15-16-31-17-19-34-35(26-31)56-34/h12-16,25,31,33-36,39-42,51H,6-11,17-24,26-29H2,1-5H3,(H,48,55)(H,49,52)/t31?,33-,34?,35?,36+,39-,40-,41+,42+,47+/m0/s1. The Morgan fingerprint density at radius 3 is 2.46 bits per heavy atom. The van der Waals surface area contributed by atoms with Gasteiger partial charge in [-0.25, -0.2) is 0 Å². The van der Waals surface area contributed by atoms with Gasteiger partial charge in [-0.05, 0) is 76.3 Å². The van der Waals surface area contributed by atoms with Crippen LogP contribution in [0.4, 0.5) is 0 Å². The van der Waals surface area contributed by atoms with Crippen molar-refractivity contribution in [3.05, 3.63) is 41.5 Å². The van der Waals surface area contributed by atoms with Crippen molar-refractivity contribution in [1.82, 2.24) is 15.7 Å². The summed E-state index contributed by atoms with van der Waals surface area (Å²) in [7, 11) is 0. The first-order chi connectivity index (χ1) is 29.3. The lowest BCUT2D eigenvalue weighted by Gasteiger charge is -2.48. The lowest BCUT2D eigenvalue weighted by atomic mass is 9.62. The largest absolute Gasteiger partial charge is 0.460 e. The third kappa shape index (κ3) is 10.7. The zero-order valence-corrected chi connectivity index (χ0v) is 36.9. The van der Waals surface area contributed by atoms with Crippen LogP contribution < -0.4 is 10.6 Å². The molecule has 14 heteroatoms. The predicted octanol–water partition coefficient (Wildman–Crippen LogP) is 5.81. The number of ether oxygens (including phenoxy) is 5. The third-order valence-corrected chi connectivity index (χ3v) is 13.2. The Hall–Kier alpha value is -3.40. The average Bonchev–Trinajstić information content (AvgIpc) is 3.76. The topological polar surface area (TPSA) is 174 Å². The van der Waals surface area contributed by atoms with Gasteiger partial charge in [0.15, 0.2) is 11.8 Å². The predicted molar refractivity (Wildman–Crippen MR) is 225 cm³/mol. The van der Waals surface area contributed by atoms with E-state index in [2.05, 4.69) is 48.8 Å². The lowest BCUT2D eigenvalue weighted by molar-refractivity contribution is -0.224. The molecule has 3 N–H and O–H groups in total. The monoisotopic (exact) mass is 851 g/mol. The molecule has 61 heavy (non-hydrogen) atoms. The Bertz CT molecular complexity index is 1740. The minimum absolute atomic E-state index is 0.0257. The first-order valence-electron chi connectivity index (χ1n) is 23.1. The summed E-state index contributed by atoms with van der Waals surface area (Å²) in [6, 6.07) is 6.40. The normalized spacial score (nSPS) is 31.5. The summed E-state index contributed by atoms with van der Waals surface area (Å²) in [5, 5.41) is 17.3. The highest BCUT2D eigenvalue weighted by molar-refractivity contribution is 5.94. The molecule has 0 aromatic heterocycles. The minimum Gasteiger partial charge on any atom is -0.460 e. The highest BCUT2D eigenvalue weighted by atomic mass is 16.8. The van der Waals surface area contributed by atoms with Crippen molar-refractivity contribution < 1.29 is 52.8 Å². The number of carbonyl (C=O) groups is 4. The van der Waals surface area contributed by atoms with Crippen LogP contribution in [0.15, 0.2) is 30.3 Å². The number of rotatable bonds is 21. The number of hydrogen-bond donors (Lipinski definition) is 3. The number of nitrogens with one attached hydrogen (secondary N) is 2. The Balaban J connectivity index is 1.08. The van der Waals surface area contributed by atoms with Crippen LogP contribution in [0.2, 0.25) is 0 Å². The van der Waals surface area contributed by atoms with E-state index in [0.29, 0.717) is 31.0 Å². The average molecular weight is 852 g/mol. The maximum atomic E-state index is 14.8. The van der Waals surface area contributed by atoms with E-state index in [-0.39, 0.29) is 45.4 Å². The maximum absolute atomic E-state index is 14.8. The van der Waals surface area contributed by atoms with Crippen molar-refractivity contribution >= 4 is 29.8 Å². The van der Waals surface area contributed by atoms with E-state index in [4.69, 9.17) is 28.5 Å². The molecular weight excluding hydrogens is 783 g/mol.